The van der Waals surface area contributed by atoms with Crippen molar-refractivity contribution in [2.24, 2.45) is 11.7 Å². The van der Waals surface area contributed by atoms with Crippen LogP contribution in [-0.4, -0.2) is 0 Å². The Hall–Kier alpha value is -0.960. The second-order valence-electron chi connectivity index (χ2n) is 4.27. The molecule has 0 radical (unpaired) electrons. The van der Waals surface area contributed by atoms with Crippen LogP contribution in [0.1, 0.15) is 37.3 Å². The van der Waals surface area contributed by atoms with Gasteiger partial charge in [-0.2, -0.15) is 0 Å². The Kier molecular flexibility index (Phi) is 3.00. The molecule has 1 aliphatic rings. The zero-order valence-corrected chi connectivity index (χ0v) is 8.55. The van der Waals surface area contributed by atoms with Gasteiger partial charge >= 0.3 is 0 Å². The quantitative estimate of drug-likeness (QED) is 0.816. The van der Waals surface area contributed by atoms with Crippen LogP contribution in [0.4, 0.5) is 8.78 Å². The van der Waals surface area contributed by atoms with Gasteiger partial charge in [-0.1, -0.05) is 25.3 Å². The van der Waals surface area contributed by atoms with E-state index >= 15 is 0 Å². The van der Waals surface area contributed by atoms with Crippen molar-refractivity contribution in [1.82, 2.24) is 0 Å². The van der Waals surface area contributed by atoms with E-state index in [2.05, 4.69) is 0 Å². The minimum atomic E-state index is -0.526. The fourth-order valence-electron chi connectivity index (χ4n) is 2.07. The van der Waals surface area contributed by atoms with E-state index in [0.29, 0.717) is 12.3 Å². The lowest BCUT2D eigenvalue weighted by molar-refractivity contribution is 0.273. The smallest absolute Gasteiger partial charge is 0.130 e. The van der Waals surface area contributed by atoms with Crippen LogP contribution in [-0.2, 0) is 0 Å². The van der Waals surface area contributed by atoms with E-state index in [-0.39, 0.29) is 5.56 Å². The first kappa shape index (κ1) is 10.6. The summed E-state index contributed by atoms with van der Waals surface area (Å²) < 4.78 is 26.7. The SMILES string of the molecule is NC(CC1CCC1)c1c(F)cccc1F. The minimum absolute atomic E-state index is 0.0457. The molecule has 1 fully saturated rings. The summed E-state index contributed by atoms with van der Waals surface area (Å²) in [6.45, 7) is 0. The Labute approximate surface area is 88.3 Å². The highest BCUT2D eigenvalue weighted by Crippen LogP contribution is 2.34. The van der Waals surface area contributed by atoms with Crippen molar-refractivity contribution in [1.29, 1.82) is 0 Å². The Bertz CT molecular complexity index is 327. The monoisotopic (exact) mass is 211 g/mol. The van der Waals surface area contributed by atoms with E-state index in [0.717, 1.165) is 12.8 Å². The molecule has 1 saturated carbocycles. The lowest BCUT2D eigenvalue weighted by Gasteiger charge is -2.28. The van der Waals surface area contributed by atoms with Crippen LogP contribution in [0.5, 0.6) is 0 Å². The zero-order chi connectivity index (χ0) is 10.8. The molecule has 1 atom stereocenters. The van der Waals surface area contributed by atoms with E-state index < -0.39 is 17.7 Å². The molecule has 2 N–H and O–H groups in total. The van der Waals surface area contributed by atoms with Crippen LogP contribution in [0.15, 0.2) is 18.2 Å². The molecule has 1 aromatic rings. The van der Waals surface area contributed by atoms with Gasteiger partial charge < -0.3 is 5.73 Å². The first-order valence-corrected chi connectivity index (χ1v) is 5.38. The molecule has 3 heteroatoms. The largest absolute Gasteiger partial charge is 0.324 e. The van der Waals surface area contributed by atoms with Gasteiger partial charge in [0.25, 0.3) is 0 Å². The summed E-state index contributed by atoms with van der Waals surface area (Å²) in [5, 5.41) is 0. The second-order valence-corrected chi connectivity index (χ2v) is 4.27. The van der Waals surface area contributed by atoms with Gasteiger partial charge in [0.2, 0.25) is 0 Å². The van der Waals surface area contributed by atoms with Gasteiger partial charge in [-0.25, -0.2) is 8.78 Å². The average Bonchev–Trinajstić information content (AvgIpc) is 2.11. The molecule has 0 heterocycles. The van der Waals surface area contributed by atoms with Crippen molar-refractivity contribution in [3.05, 3.63) is 35.4 Å². The van der Waals surface area contributed by atoms with E-state index in [1.54, 1.807) is 0 Å². The maximum absolute atomic E-state index is 13.4. The molecule has 1 aliphatic carbocycles. The van der Waals surface area contributed by atoms with Crippen molar-refractivity contribution < 1.29 is 8.78 Å². The summed E-state index contributed by atoms with van der Waals surface area (Å²) in [7, 11) is 0. The Balaban J connectivity index is 2.12. The summed E-state index contributed by atoms with van der Waals surface area (Å²) in [5.74, 6) is -0.498. The van der Waals surface area contributed by atoms with Gasteiger partial charge in [0.15, 0.2) is 0 Å². The van der Waals surface area contributed by atoms with Crippen LogP contribution in [0.2, 0.25) is 0 Å². The Morgan fingerprint density at radius 3 is 2.33 bits per heavy atom. The van der Waals surface area contributed by atoms with Crippen molar-refractivity contribution in [3.8, 4) is 0 Å². The normalized spacial score (nSPS) is 18.6. The van der Waals surface area contributed by atoms with Crippen LogP contribution in [0.25, 0.3) is 0 Å². The molecule has 2 rings (SSSR count). The first-order valence-electron chi connectivity index (χ1n) is 5.38. The third kappa shape index (κ3) is 2.17. The molecular weight excluding hydrogens is 196 g/mol. The summed E-state index contributed by atoms with van der Waals surface area (Å²) >= 11 is 0. The van der Waals surface area contributed by atoms with Crippen LogP contribution < -0.4 is 5.73 Å². The van der Waals surface area contributed by atoms with Crippen molar-refractivity contribution in [3.63, 3.8) is 0 Å². The highest BCUT2D eigenvalue weighted by atomic mass is 19.1. The van der Waals surface area contributed by atoms with Crippen molar-refractivity contribution >= 4 is 0 Å². The number of hydrogen-bond acceptors (Lipinski definition) is 1. The summed E-state index contributed by atoms with van der Waals surface area (Å²) in [5.41, 5.74) is 5.87. The number of rotatable bonds is 3. The number of nitrogens with two attached hydrogens (primary N) is 1. The third-order valence-electron chi connectivity index (χ3n) is 3.18. The van der Waals surface area contributed by atoms with Gasteiger partial charge in [-0.05, 0) is 24.5 Å². The minimum Gasteiger partial charge on any atom is -0.324 e. The predicted molar refractivity (Wildman–Crippen MR) is 55.2 cm³/mol. The molecule has 0 bridgehead atoms. The molecule has 82 valence electrons. The van der Waals surface area contributed by atoms with E-state index in [9.17, 15) is 8.78 Å². The molecule has 15 heavy (non-hydrogen) atoms. The van der Waals surface area contributed by atoms with Crippen molar-refractivity contribution in [2.75, 3.05) is 0 Å². The van der Waals surface area contributed by atoms with E-state index in [1.807, 2.05) is 0 Å². The molecule has 0 spiro atoms. The molecule has 1 nitrogen and oxygen atoms in total. The van der Waals surface area contributed by atoms with Gasteiger partial charge in [0.05, 0.1) is 0 Å². The summed E-state index contributed by atoms with van der Waals surface area (Å²) in [4.78, 5) is 0. The number of benzene rings is 1. The number of hydrogen-bond donors (Lipinski definition) is 1. The summed E-state index contributed by atoms with van der Waals surface area (Å²) in [6, 6.07) is 3.39. The first-order chi connectivity index (χ1) is 7.18. The zero-order valence-electron chi connectivity index (χ0n) is 8.55. The van der Waals surface area contributed by atoms with Gasteiger partial charge in [-0.3, -0.25) is 0 Å². The lowest BCUT2D eigenvalue weighted by atomic mass is 9.80. The molecule has 0 aliphatic heterocycles. The highest BCUT2D eigenvalue weighted by molar-refractivity contribution is 5.23. The fourth-order valence-corrected chi connectivity index (χ4v) is 2.07. The van der Waals surface area contributed by atoms with Crippen LogP contribution in [0.3, 0.4) is 0 Å². The molecule has 0 amide bonds. The highest BCUT2D eigenvalue weighted by Gasteiger charge is 2.24. The predicted octanol–water partition coefficient (Wildman–Crippen LogP) is 3.15. The average molecular weight is 211 g/mol. The number of halogens is 2. The third-order valence-corrected chi connectivity index (χ3v) is 3.18. The maximum Gasteiger partial charge on any atom is 0.130 e. The molecule has 1 aromatic carbocycles. The lowest BCUT2D eigenvalue weighted by Crippen LogP contribution is -2.21. The topological polar surface area (TPSA) is 26.0 Å². The van der Waals surface area contributed by atoms with E-state index in [4.69, 9.17) is 5.73 Å². The molecule has 1 unspecified atom stereocenters. The molecule has 0 saturated heterocycles. The maximum atomic E-state index is 13.4. The van der Waals surface area contributed by atoms with Gasteiger partial charge in [0, 0.05) is 11.6 Å². The van der Waals surface area contributed by atoms with Crippen LogP contribution >= 0.6 is 0 Å². The van der Waals surface area contributed by atoms with Crippen molar-refractivity contribution in [2.45, 2.75) is 31.7 Å². The molecular formula is C12H15F2N. The van der Waals surface area contributed by atoms with E-state index in [1.165, 1.54) is 24.6 Å². The summed E-state index contributed by atoms with van der Waals surface area (Å²) in [6.07, 6.45) is 4.20. The Morgan fingerprint density at radius 2 is 1.87 bits per heavy atom. The van der Waals surface area contributed by atoms with Gasteiger partial charge in [0.1, 0.15) is 11.6 Å². The van der Waals surface area contributed by atoms with Gasteiger partial charge in [-0.15, -0.1) is 0 Å². The fraction of sp³-hybridized carbons (Fsp3) is 0.500. The standard InChI is InChI=1S/C12H15F2N/c13-9-5-2-6-10(14)12(9)11(15)7-8-3-1-4-8/h2,5-6,8,11H,1,3-4,7,15H2. The molecule has 0 aromatic heterocycles. The second kappa shape index (κ2) is 4.27. The van der Waals surface area contributed by atoms with Crippen LogP contribution in [0, 0.1) is 17.6 Å². The Morgan fingerprint density at radius 1 is 1.27 bits per heavy atom.